The molecule has 5 rings (SSSR count). The quantitative estimate of drug-likeness (QED) is 0.421. The second kappa shape index (κ2) is 9.62. The first-order chi connectivity index (χ1) is 16.5. The van der Waals surface area contributed by atoms with Crippen molar-refractivity contribution in [3.63, 3.8) is 0 Å². The van der Waals surface area contributed by atoms with E-state index in [1.54, 1.807) is 48.7 Å². The third-order valence-corrected chi connectivity index (χ3v) is 6.43. The fourth-order valence-corrected chi connectivity index (χ4v) is 4.68. The molecule has 4 aromatic rings. The summed E-state index contributed by atoms with van der Waals surface area (Å²) in [5, 5.41) is 0.483. The number of fused-ring (bicyclic) bond motifs is 1. The highest BCUT2D eigenvalue weighted by atomic mass is 35.5. The molecule has 2 aromatic heterocycles. The Hall–Kier alpha value is -3.13. The lowest BCUT2D eigenvalue weighted by Crippen LogP contribution is -2.47. The largest absolute Gasteiger partial charge is 0.295 e. The van der Waals surface area contributed by atoms with Crippen LogP contribution in [0.1, 0.15) is 22.9 Å². The van der Waals surface area contributed by atoms with Gasteiger partial charge in [0.25, 0.3) is 5.56 Å². The third kappa shape index (κ3) is 4.87. The summed E-state index contributed by atoms with van der Waals surface area (Å²) in [6.45, 7) is 3.66. The van der Waals surface area contributed by atoms with Crippen LogP contribution in [0.15, 0.2) is 77.7 Å². The van der Waals surface area contributed by atoms with Crippen LogP contribution < -0.4 is 5.56 Å². The van der Waals surface area contributed by atoms with Gasteiger partial charge in [-0.3, -0.25) is 19.0 Å². The molecule has 1 saturated heterocycles. The maximum Gasteiger partial charge on any atom is 0.258 e. The maximum absolute atomic E-state index is 13.5. The lowest BCUT2D eigenvalue weighted by atomic mass is 9.96. The van der Waals surface area contributed by atoms with E-state index in [0.29, 0.717) is 17.2 Å². The van der Waals surface area contributed by atoms with Gasteiger partial charge < -0.3 is 0 Å². The molecule has 1 fully saturated rings. The number of pyridine rings is 1. The van der Waals surface area contributed by atoms with Crippen molar-refractivity contribution in [3.8, 4) is 0 Å². The number of hydrogen-bond acceptors (Lipinski definition) is 4. The molecule has 0 N–H and O–H groups in total. The predicted octanol–water partition coefficient (Wildman–Crippen LogP) is 4.53. The molecule has 0 atom stereocenters. The van der Waals surface area contributed by atoms with E-state index in [0.717, 1.165) is 43.0 Å². The van der Waals surface area contributed by atoms with Crippen molar-refractivity contribution < 1.29 is 8.78 Å². The Kier molecular flexibility index (Phi) is 6.41. The third-order valence-electron chi connectivity index (χ3n) is 6.21. The van der Waals surface area contributed by atoms with E-state index >= 15 is 0 Å². The summed E-state index contributed by atoms with van der Waals surface area (Å²) in [7, 11) is 0. The lowest BCUT2D eigenvalue weighted by molar-refractivity contribution is 0.104. The minimum atomic E-state index is -0.285. The van der Waals surface area contributed by atoms with Crippen LogP contribution in [0.5, 0.6) is 0 Å². The van der Waals surface area contributed by atoms with Gasteiger partial charge >= 0.3 is 0 Å². The SMILES string of the molecule is O=c1cc(CN2CCN(C(c3ccc(F)cc3)c3ccc(F)cc3)CC2)nc2ccc(Cl)cn12. The Bertz CT molecular complexity index is 1300. The number of nitrogens with zero attached hydrogens (tertiary/aromatic N) is 4. The molecule has 0 saturated carbocycles. The summed E-state index contributed by atoms with van der Waals surface area (Å²) in [6.07, 6.45) is 1.57. The highest BCUT2D eigenvalue weighted by molar-refractivity contribution is 6.30. The average molecular weight is 481 g/mol. The molecule has 0 aliphatic carbocycles. The Morgan fingerprint density at radius 1 is 0.853 bits per heavy atom. The molecule has 3 heterocycles. The highest BCUT2D eigenvalue weighted by Gasteiger charge is 2.27. The van der Waals surface area contributed by atoms with E-state index < -0.39 is 0 Å². The standard InChI is InChI=1S/C26H23ClF2N4O/c27-20-5-10-24-30-23(15-25(34)33(24)16-20)17-31-11-13-32(14-12-31)26(18-1-6-21(28)7-2-18)19-3-8-22(29)9-4-19/h1-10,15-16,26H,11-14,17H2. The van der Waals surface area contributed by atoms with Crippen LogP contribution >= 0.6 is 11.6 Å². The van der Waals surface area contributed by atoms with Gasteiger partial charge in [-0.25, -0.2) is 13.8 Å². The average Bonchev–Trinajstić information content (AvgIpc) is 2.83. The number of benzene rings is 2. The molecule has 0 amide bonds. The molecule has 8 heteroatoms. The van der Waals surface area contributed by atoms with E-state index in [2.05, 4.69) is 14.8 Å². The highest BCUT2D eigenvalue weighted by Crippen LogP contribution is 2.30. The number of rotatable bonds is 5. The zero-order chi connectivity index (χ0) is 23.7. The Morgan fingerprint density at radius 3 is 2.03 bits per heavy atom. The van der Waals surface area contributed by atoms with Gasteiger partial charge in [-0.1, -0.05) is 35.9 Å². The molecule has 5 nitrogen and oxygen atoms in total. The molecule has 0 unspecified atom stereocenters. The molecule has 1 aliphatic rings. The molecule has 0 bridgehead atoms. The predicted molar refractivity (Wildman–Crippen MR) is 128 cm³/mol. The van der Waals surface area contributed by atoms with Gasteiger partial charge in [-0.15, -0.1) is 0 Å². The van der Waals surface area contributed by atoms with E-state index in [1.165, 1.54) is 28.7 Å². The Morgan fingerprint density at radius 2 is 1.44 bits per heavy atom. The zero-order valence-electron chi connectivity index (χ0n) is 18.4. The molecule has 34 heavy (non-hydrogen) atoms. The Labute approximate surface area is 200 Å². The number of hydrogen-bond donors (Lipinski definition) is 0. The second-order valence-corrected chi connectivity index (χ2v) is 8.92. The van der Waals surface area contributed by atoms with Gasteiger partial charge in [0.2, 0.25) is 0 Å². The van der Waals surface area contributed by atoms with Gasteiger partial charge in [0.1, 0.15) is 17.3 Å². The number of aromatic nitrogens is 2. The molecule has 0 radical (unpaired) electrons. The van der Waals surface area contributed by atoms with Crippen molar-refractivity contribution >= 4 is 17.2 Å². The number of piperazine rings is 1. The van der Waals surface area contributed by atoms with Gasteiger partial charge in [0.15, 0.2) is 0 Å². The molecular weight excluding hydrogens is 458 g/mol. The van der Waals surface area contributed by atoms with Gasteiger partial charge in [-0.05, 0) is 47.5 Å². The summed E-state index contributed by atoms with van der Waals surface area (Å²) in [5.74, 6) is -0.569. The van der Waals surface area contributed by atoms with Crippen LogP contribution in [0.25, 0.3) is 5.65 Å². The maximum atomic E-state index is 13.5. The van der Waals surface area contributed by atoms with Crippen LogP contribution in [0, 0.1) is 11.6 Å². The Balaban J connectivity index is 1.33. The minimum Gasteiger partial charge on any atom is -0.295 e. The van der Waals surface area contributed by atoms with E-state index in [1.807, 2.05) is 0 Å². The van der Waals surface area contributed by atoms with Crippen molar-refractivity contribution in [1.82, 2.24) is 19.2 Å². The monoisotopic (exact) mass is 480 g/mol. The van der Waals surface area contributed by atoms with Crippen LogP contribution in [0.3, 0.4) is 0 Å². The van der Waals surface area contributed by atoms with E-state index in [9.17, 15) is 13.6 Å². The molecule has 174 valence electrons. The first-order valence-corrected chi connectivity index (χ1v) is 11.5. The van der Waals surface area contributed by atoms with Crippen molar-refractivity contribution in [2.24, 2.45) is 0 Å². The van der Waals surface area contributed by atoms with Crippen molar-refractivity contribution in [2.45, 2.75) is 12.6 Å². The molecule has 1 aliphatic heterocycles. The van der Waals surface area contributed by atoms with E-state index in [4.69, 9.17) is 11.6 Å². The normalized spacial score (nSPS) is 15.3. The van der Waals surface area contributed by atoms with Gasteiger partial charge in [0, 0.05) is 45.0 Å². The fourth-order valence-electron chi connectivity index (χ4n) is 4.52. The molecule has 2 aromatic carbocycles. The summed E-state index contributed by atoms with van der Waals surface area (Å²) in [4.78, 5) is 21.7. The zero-order valence-corrected chi connectivity index (χ0v) is 19.1. The number of halogens is 3. The van der Waals surface area contributed by atoms with Crippen molar-refractivity contribution in [2.75, 3.05) is 26.2 Å². The van der Waals surface area contributed by atoms with Crippen molar-refractivity contribution in [1.29, 1.82) is 0 Å². The second-order valence-electron chi connectivity index (χ2n) is 8.48. The summed E-state index contributed by atoms with van der Waals surface area (Å²) >= 11 is 5.99. The smallest absolute Gasteiger partial charge is 0.258 e. The van der Waals surface area contributed by atoms with Crippen LogP contribution in [0.2, 0.25) is 5.02 Å². The lowest BCUT2D eigenvalue weighted by Gasteiger charge is -2.39. The molecule has 0 spiro atoms. The van der Waals surface area contributed by atoms with Crippen LogP contribution in [0.4, 0.5) is 8.78 Å². The molecular formula is C26H23ClF2N4O. The van der Waals surface area contributed by atoms with Gasteiger partial charge in [-0.2, -0.15) is 0 Å². The van der Waals surface area contributed by atoms with Crippen LogP contribution in [-0.2, 0) is 6.54 Å². The van der Waals surface area contributed by atoms with E-state index in [-0.39, 0.29) is 23.2 Å². The topological polar surface area (TPSA) is 40.9 Å². The van der Waals surface area contributed by atoms with Gasteiger partial charge in [0.05, 0.1) is 16.8 Å². The van der Waals surface area contributed by atoms with Crippen LogP contribution in [-0.4, -0.2) is 45.4 Å². The minimum absolute atomic E-state index is 0.100. The summed E-state index contributed by atoms with van der Waals surface area (Å²) < 4.78 is 28.5. The van der Waals surface area contributed by atoms with Crippen molar-refractivity contribution in [3.05, 3.63) is 117 Å². The fraction of sp³-hybridized carbons (Fsp3) is 0.231. The first-order valence-electron chi connectivity index (χ1n) is 11.1. The first kappa shape index (κ1) is 22.7. The summed E-state index contributed by atoms with van der Waals surface area (Å²) in [6, 6.07) is 17.9. The summed E-state index contributed by atoms with van der Waals surface area (Å²) in [5.41, 5.74) is 3.05.